The van der Waals surface area contributed by atoms with Gasteiger partial charge in [-0.2, -0.15) is 4.98 Å². The van der Waals surface area contributed by atoms with Crippen molar-refractivity contribution in [1.29, 1.82) is 0 Å². The fraction of sp³-hybridized carbons (Fsp3) is 0.455. The SMILES string of the molecule is CC(C)Nc1ncc2c(=O)n(C)c(=O)n(C)c2n1. The first-order valence-corrected chi connectivity index (χ1v) is 5.61. The number of hydrogen-bond acceptors (Lipinski definition) is 5. The van der Waals surface area contributed by atoms with Crippen molar-refractivity contribution >= 4 is 17.0 Å². The van der Waals surface area contributed by atoms with Gasteiger partial charge in [0.1, 0.15) is 5.39 Å². The van der Waals surface area contributed by atoms with Crippen LogP contribution in [0.3, 0.4) is 0 Å². The zero-order chi connectivity index (χ0) is 13.4. The van der Waals surface area contributed by atoms with Crippen molar-refractivity contribution in [2.45, 2.75) is 19.9 Å². The summed E-state index contributed by atoms with van der Waals surface area (Å²) in [5.41, 5.74) is -0.452. The van der Waals surface area contributed by atoms with E-state index in [0.717, 1.165) is 4.57 Å². The minimum absolute atomic E-state index is 0.172. The molecule has 2 rings (SSSR count). The largest absolute Gasteiger partial charge is 0.352 e. The van der Waals surface area contributed by atoms with Crippen LogP contribution in [0.4, 0.5) is 5.95 Å². The standard InChI is InChI=1S/C11H15N5O2/c1-6(2)13-10-12-5-7-8(14-10)15(3)11(18)16(4)9(7)17/h5-6H,1-4H3,(H,12,13,14). The second-order valence-electron chi connectivity index (χ2n) is 4.44. The molecular formula is C11H15N5O2. The third-order valence-corrected chi connectivity index (χ3v) is 2.61. The lowest BCUT2D eigenvalue weighted by Gasteiger charge is -2.10. The Kier molecular flexibility index (Phi) is 2.90. The summed E-state index contributed by atoms with van der Waals surface area (Å²) in [6.07, 6.45) is 1.44. The lowest BCUT2D eigenvalue weighted by molar-refractivity contribution is 0.706. The summed E-state index contributed by atoms with van der Waals surface area (Å²) in [5, 5.41) is 3.36. The van der Waals surface area contributed by atoms with Gasteiger partial charge in [0.15, 0.2) is 5.65 Å². The first-order valence-electron chi connectivity index (χ1n) is 5.61. The maximum Gasteiger partial charge on any atom is 0.332 e. The Morgan fingerprint density at radius 2 is 1.89 bits per heavy atom. The van der Waals surface area contributed by atoms with Gasteiger partial charge in [-0.15, -0.1) is 0 Å². The molecule has 96 valence electrons. The van der Waals surface area contributed by atoms with Crippen molar-refractivity contribution in [1.82, 2.24) is 19.1 Å². The zero-order valence-electron chi connectivity index (χ0n) is 10.8. The normalized spacial score (nSPS) is 11.2. The molecule has 0 aliphatic carbocycles. The van der Waals surface area contributed by atoms with Crippen LogP contribution in [0.25, 0.3) is 11.0 Å². The van der Waals surface area contributed by atoms with Crippen molar-refractivity contribution in [3.05, 3.63) is 27.0 Å². The number of aryl methyl sites for hydroxylation is 1. The Morgan fingerprint density at radius 3 is 2.50 bits per heavy atom. The molecule has 0 aliphatic rings. The molecule has 2 heterocycles. The predicted molar refractivity (Wildman–Crippen MR) is 68.8 cm³/mol. The van der Waals surface area contributed by atoms with Gasteiger partial charge < -0.3 is 5.32 Å². The van der Waals surface area contributed by atoms with E-state index < -0.39 is 5.69 Å². The molecule has 0 bridgehead atoms. The smallest absolute Gasteiger partial charge is 0.332 e. The zero-order valence-corrected chi connectivity index (χ0v) is 10.8. The number of nitrogens with one attached hydrogen (secondary N) is 1. The number of fused-ring (bicyclic) bond motifs is 1. The number of rotatable bonds is 2. The van der Waals surface area contributed by atoms with E-state index in [-0.39, 0.29) is 11.6 Å². The van der Waals surface area contributed by atoms with Gasteiger partial charge in [0.25, 0.3) is 5.56 Å². The van der Waals surface area contributed by atoms with E-state index in [1.807, 2.05) is 13.8 Å². The lowest BCUT2D eigenvalue weighted by atomic mass is 10.4. The summed E-state index contributed by atoms with van der Waals surface area (Å²) in [4.78, 5) is 31.9. The fourth-order valence-corrected chi connectivity index (χ4v) is 1.69. The van der Waals surface area contributed by atoms with Crippen molar-refractivity contribution in [2.75, 3.05) is 5.32 Å². The highest BCUT2D eigenvalue weighted by Gasteiger charge is 2.11. The minimum atomic E-state index is -0.401. The molecule has 7 heteroatoms. The van der Waals surface area contributed by atoms with Crippen LogP contribution < -0.4 is 16.6 Å². The van der Waals surface area contributed by atoms with E-state index in [4.69, 9.17) is 0 Å². The Bertz CT molecular complexity index is 714. The highest BCUT2D eigenvalue weighted by Crippen LogP contribution is 2.07. The quantitative estimate of drug-likeness (QED) is 0.800. The van der Waals surface area contributed by atoms with E-state index in [2.05, 4.69) is 15.3 Å². The third kappa shape index (κ3) is 1.87. The van der Waals surface area contributed by atoms with Crippen LogP contribution in [0.1, 0.15) is 13.8 Å². The molecule has 0 atom stereocenters. The third-order valence-electron chi connectivity index (χ3n) is 2.61. The maximum atomic E-state index is 11.9. The highest BCUT2D eigenvalue weighted by molar-refractivity contribution is 5.73. The van der Waals surface area contributed by atoms with E-state index in [9.17, 15) is 9.59 Å². The number of hydrogen-bond donors (Lipinski definition) is 1. The number of nitrogens with zero attached hydrogens (tertiary/aromatic N) is 4. The Hall–Kier alpha value is -2.18. The monoisotopic (exact) mass is 249 g/mol. The molecule has 18 heavy (non-hydrogen) atoms. The molecule has 1 N–H and O–H groups in total. The molecule has 0 saturated carbocycles. The number of aromatic nitrogens is 4. The van der Waals surface area contributed by atoms with Crippen molar-refractivity contribution in [3.8, 4) is 0 Å². The van der Waals surface area contributed by atoms with Crippen LogP contribution in [-0.2, 0) is 14.1 Å². The predicted octanol–water partition coefficient (Wildman–Crippen LogP) is -0.152. The van der Waals surface area contributed by atoms with Gasteiger partial charge in [-0.25, -0.2) is 9.78 Å². The minimum Gasteiger partial charge on any atom is -0.352 e. The molecule has 0 radical (unpaired) electrons. The molecule has 7 nitrogen and oxygen atoms in total. The average molecular weight is 249 g/mol. The molecule has 0 aromatic carbocycles. The molecule has 0 unspecified atom stereocenters. The second-order valence-corrected chi connectivity index (χ2v) is 4.44. The highest BCUT2D eigenvalue weighted by atomic mass is 16.2. The lowest BCUT2D eigenvalue weighted by Crippen LogP contribution is -2.37. The van der Waals surface area contributed by atoms with E-state index in [1.54, 1.807) is 7.05 Å². The molecule has 2 aromatic rings. The van der Waals surface area contributed by atoms with Gasteiger partial charge >= 0.3 is 5.69 Å². The fourth-order valence-electron chi connectivity index (χ4n) is 1.69. The molecule has 0 saturated heterocycles. The summed E-state index contributed by atoms with van der Waals surface area (Å²) in [6, 6.07) is 0.172. The summed E-state index contributed by atoms with van der Waals surface area (Å²) in [7, 11) is 3.01. The first-order chi connectivity index (χ1) is 8.41. The van der Waals surface area contributed by atoms with Crippen LogP contribution in [0.5, 0.6) is 0 Å². The second kappa shape index (κ2) is 4.25. The van der Waals surface area contributed by atoms with E-state index >= 15 is 0 Å². The van der Waals surface area contributed by atoms with Crippen molar-refractivity contribution in [3.63, 3.8) is 0 Å². The summed E-state index contributed by atoms with van der Waals surface area (Å²) < 4.78 is 2.38. The Balaban J connectivity index is 2.78. The summed E-state index contributed by atoms with van der Waals surface area (Å²) >= 11 is 0. The molecule has 2 aromatic heterocycles. The van der Waals surface area contributed by atoms with Gasteiger partial charge in [-0.1, -0.05) is 0 Å². The van der Waals surface area contributed by atoms with Crippen LogP contribution in [0.15, 0.2) is 15.8 Å². The van der Waals surface area contributed by atoms with Gasteiger partial charge in [0, 0.05) is 26.3 Å². The Labute approximate surface area is 103 Å². The van der Waals surface area contributed by atoms with Gasteiger partial charge in [0.05, 0.1) is 0 Å². The molecule has 0 spiro atoms. The molecule has 0 fully saturated rings. The first kappa shape index (κ1) is 12.3. The topological polar surface area (TPSA) is 81.8 Å². The van der Waals surface area contributed by atoms with Gasteiger partial charge in [-0.05, 0) is 13.8 Å². The molecular weight excluding hydrogens is 234 g/mol. The maximum absolute atomic E-state index is 11.9. The van der Waals surface area contributed by atoms with Gasteiger partial charge in [0.2, 0.25) is 5.95 Å². The van der Waals surface area contributed by atoms with Crippen molar-refractivity contribution < 1.29 is 0 Å². The van der Waals surface area contributed by atoms with Crippen LogP contribution in [-0.4, -0.2) is 25.1 Å². The van der Waals surface area contributed by atoms with E-state index in [1.165, 1.54) is 17.8 Å². The average Bonchev–Trinajstić information content (AvgIpc) is 2.33. The van der Waals surface area contributed by atoms with Gasteiger partial charge in [-0.3, -0.25) is 13.9 Å². The van der Waals surface area contributed by atoms with Crippen LogP contribution >= 0.6 is 0 Å². The van der Waals surface area contributed by atoms with E-state index in [0.29, 0.717) is 17.0 Å². The van der Waals surface area contributed by atoms with Crippen LogP contribution in [0.2, 0.25) is 0 Å². The molecule has 0 amide bonds. The summed E-state index contributed by atoms with van der Waals surface area (Å²) in [5.74, 6) is 0.403. The molecule has 0 aliphatic heterocycles. The van der Waals surface area contributed by atoms with Crippen LogP contribution in [0, 0.1) is 0 Å². The Morgan fingerprint density at radius 1 is 1.22 bits per heavy atom. The number of anilines is 1. The van der Waals surface area contributed by atoms with Crippen molar-refractivity contribution in [2.24, 2.45) is 14.1 Å². The summed E-state index contributed by atoms with van der Waals surface area (Å²) in [6.45, 7) is 3.91.